The Kier molecular flexibility index (Phi) is 10.9. The molecule has 9 nitrogen and oxygen atoms in total. The molecule has 1 fully saturated rings. The van der Waals surface area contributed by atoms with Crippen LogP contribution >= 0.6 is 11.8 Å². The van der Waals surface area contributed by atoms with Crippen LogP contribution in [0.5, 0.6) is 5.75 Å². The number of rotatable bonds is 10. The lowest BCUT2D eigenvalue weighted by Crippen LogP contribution is -2.41. The van der Waals surface area contributed by atoms with Crippen LogP contribution in [0.3, 0.4) is 0 Å². The van der Waals surface area contributed by atoms with Crippen molar-refractivity contribution in [3.63, 3.8) is 0 Å². The van der Waals surface area contributed by atoms with Crippen molar-refractivity contribution < 1.29 is 19.0 Å². The number of carbonyl (C=O) groups excluding carboxylic acids is 1. The Labute approximate surface area is 251 Å². The summed E-state index contributed by atoms with van der Waals surface area (Å²) in [6.07, 6.45) is 13.1. The van der Waals surface area contributed by atoms with E-state index in [4.69, 9.17) is 19.2 Å². The fraction of sp³-hybridized carbons (Fsp3) is 0.406. The van der Waals surface area contributed by atoms with E-state index in [1.807, 2.05) is 49.6 Å². The molecular formula is C32H37N5O4S. The maximum atomic E-state index is 11.9. The Balaban J connectivity index is 1.13. The van der Waals surface area contributed by atoms with Crippen LogP contribution in [0.4, 0.5) is 4.79 Å². The van der Waals surface area contributed by atoms with Crippen molar-refractivity contribution in [1.29, 1.82) is 0 Å². The average molecular weight is 588 g/mol. The molecule has 1 aliphatic carbocycles. The minimum Gasteiger partial charge on any atom is -0.487 e. The highest BCUT2D eigenvalue weighted by Gasteiger charge is 2.18. The van der Waals surface area contributed by atoms with E-state index in [-0.39, 0.29) is 6.61 Å². The maximum Gasteiger partial charge on any atom is 0.408 e. The van der Waals surface area contributed by atoms with Crippen LogP contribution in [-0.2, 0) is 16.1 Å². The van der Waals surface area contributed by atoms with Crippen molar-refractivity contribution in [1.82, 2.24) is 24.8 Å². The van der Waals surface area contributed by atoms with E-state index in [9.17, 15) is 4.79 Å². The molecule has 0 spiro atoms. The van der Waals surface area contributed by atoms with Crippen molar-refractivity contribution in [2.75, 3.05) is 46.0 Å². The first kappa shape index (κ1) is 29.7. The van der Waals surface area contributed by atoms with E-state index >= 15 is 0 Å². The van der Waals surface area contributed by atoms with Gasteiger partial charge in [-0.2, -0.15) is 0 Å². The summed E-state index contributed by atoms with van der Waals surface area (Å²) in [7, 11) is 0. The molecule has 3 aromatic rings. The summed E-state index contributed by atoms with van der Waals surface area (Å²) < 4.78 is 18.8. The fourth-order valence-electron chi connectivity index (χ4n) is 4.78. The third kappa shape index (κ3) is 8.61. The first-order valence-electron chi connectivity index (χ1n) is 14.4. The van der Waals surface area contributed by atoms with Gasteiger partial charge in [0.2, 0.25) is 0 Å². The number of carbonyl (C=O) groups is 1. The number of hydrogen-bond acceptors (Lipinski definition) is 8. The van der Waals surface area contributed by atoms with Crippen LogP contribution in [0.25, 0.3) is 5.69 Å². The number of aromatic nitrogens is 3. The molecule has 1 atom stereocenters. The fourth-order valence-corrected chi connectivity index (χ4v) is 5.96. The Morgan fingerprint density at radius 3 is 2.93 bits per heavy atom. The number of thioether (sulfide) groups is 1. The van der Waals surface area contributed by atoms with Crippen molar-refractivity contribution in [2.45, 2.75) is 43.2 Å². The monoisotopic (exact) mass is 587 g/mol. The Morgan fingerprint density at radius 2 is 2.14 bits per heavy atom. The molecule has 0 saturated carbocycles. The number of nitrogens with zero attached hydrogens (tertiary/aromatic N) is 4. The summed E-state index contributed by atoms with van der Waals surface area (Å²) in [5.41, 5.74) is 3.76. The summed E-state index contributed by atoms with van der Waals surface area (Å²) in [4.78, 5) is 23.2. The van der Waals surface area contributed by atoms with Crippen molar-refractivity contribution in [3.8, 4) is 23.3 Å². The van der Waals surface area contributed by atoms with Gasteiger partial charge in [0.15, 0.2) is 11.8 Å². The van der Waals surface area contributed by atoms with E-state index in [2.05, 4.69) is 43.8 Å². The normalized spacial score (nSPS) is 16.8. The number of pyridine rings is 1. The first-order chi connectivity index (χ1) is 20.7. The zero-order chi connectivity index (χ0) is 29.0. The summed E-state index contributed by atoms with van der Waals surface area (Å²) in [6.45, 7) is 6.95. The molecular weight excluding hydrogens is 550 g/mol. The number of hydrogen-bond donors (Lipinski definition) is 1. The third-order valence-corrected chi connectivity index (χ3v) is 8.25. The average Bonchev–Trinajstić information content (AvgIpc) is 3.42. The van der Waals surface area contributed by atoms with E-state index in [1.54, 1.807) is 18.0 Å². The minimum atomic E-state index is -0.458. The quantitative estimate of drug-likeness (QED) is 0.268. The van der Waals surface area contributed by atoms with Gasteiger partial charge in [0, 0.05) is 43.2 Å². The number of amides is 1. The molecule has 5 rings (SSSR count). The number of aryl methyl sites for hydroxylation is 1. The molecule has 1 unspecified atom stereocenters. The van der Waals surface area contributed by atoms with Crippen LogP contribution in [0.2, 0.25) is 0 Å². The Hall–Kier alpha value is -3.78. The SMILES string of the molecule is Cc1cc(OCc2cnc(SC3C=CCCC3)n2-c2cccnc2)ccc1C#CCOC(=O)NCCN1CCOCC1. The minimum absolute atomic E-state index is 0.0242. The Bertz CT molecular complexity index is 1410. The number of nitrogens with one attached hydrogen (secondary N) is 1. The molecule has 42 heavy (non-hydrogen) atoms. The van der Waals surface area contributed by atoms with Gasteiger partial charge < -0.3 is 19.5 Å². The van der Waals surface area contributed by atoms with E-state index < -0.39 is 6.09 Å². The molecule has 1 aromatic carbocycles. The van der Waals surface area contributed by atoms with Gasteiger partial charge in [-0.05, 0) is 62.1 Å². The second-order valence-corrected chi connectivity index (χ2v) is 11.3. The standard InChI is InChI=1S/C32H37N5O4S/c1-25-21-29(12-11-26(25)7-6-18-40-32(38)34-14-15-36-16-19-39-20-17-36)41-24-28-23-35-31(42-30-9-3-2-4-10-30)37(28)27-8-5-13-33-22-27/h3,5,8-9,11-13,21-23,30H,2,4,10,14-20,24H2,1H3,(H,34,38). The number of benzene rings is 1. The smallest absolute Gasteiger partial charge is 0.408 e. The van der Waals surface area contributed by atoms with Gasteiger partial charge in [-0.3, -0.25) is 14.5 Å². The van der Waals surface area contributed by atoms with Gasteiger partial charge >= 0.3 is 6.09 Å². The summed E-state index contributed by atoms with van der Waals surface area (Å²) in [5, 5.41) is 4.13. The Morgan fingerprint density at radius 1 is 1.24 bits per heavy atom. The van der Waals surface area contributed by atoms with Gasteiger partial charge in [0.25, 0.3) is 0 Å². The molecule has 2 aromatic heterocycles. The number of allylic oxidation sites excluding steroid dienone is 1. The molecule has 1 amide bonds. The number of imidazole rings is 1. The van der Waals surface area contributed by atoms with Crippen molar-refractivity contribution >= 4 is 17.9 Å². The molecule has 3 heterocycles. The highest BCUT2D eigenvalue weighted by atomic mass is 32.2. The molecule has 2 aliphatic rings. The molecule has 10 heteroatoms. The zero-order valence-corrected chi connectivity index (χ0v) is 24.8. The number of ether oxygens (including phenoxy) is 3. The molecule has 220 valence electrons. The van der Waals surface area contributed by atoms with Gasteiger partial charge in [0.1, 0.15) is 12.4 Å². The molecule has 1 N–H and O–H groups in total. The van der Waals surface area contributed by atoms with E-state index in [0.717, 1.165) is 79.1 Å². The lowest BCUT2D eigenvalue weighted by molar-refractivity contribution is 0.0383. The van der Waals surface area contributed by atoms with Crippen LogP contribution in [0, 0.1) is 18.8 Å². The van der Waals surface area contributed by atoms with Crippen molar-refractivity contribution in [2.24, 2.45) is 0 Å². The van der Waals surface area contributed by atoms with Gasteiger partial charge in [-0.15, -0.1) is 0 Å². The van der Waals surface area contributed by atoms with E-state index in [0.29, 0.717) is 18.4 Å². The van der Waals surface area contributed by atoms with Crippen LogP contribution in [0.15, 0.2) is 66.2 Å². The third-order valence-electron chi connectivity index (χ3n) is 7.06. The number of morpholine rings is 1. The van der Waals surface area contributed by atoms with Gasteiger partial charge in [-0.25, -0.2) is 9.78 Å². The molecule has 1 saturated heterocycles. The summed E-state index contributed by atoms with van der Waals surface area (Å²) >= 11 is 1.78. The second kappa shape index (κ2) is 15.4. The highest BCUT2D eigenvalue weighted by Crippen LogP contribution is 2.32. The molecule has 0 radical (unpaired) electrons. The first-order valence-corrected chi connectivity index (χ1v) is 15.3. The van der Waals surface area contributed by atoms with Gasteiger partial charge in [-0.1, -0.05) is 35.8 Å². The summed E-state index contributed by atoms with van der Waals surface area (Å²) in [5.74, 6) is 6.76. The van der Waals surface area contributed by atoms with Crippen LogP contribution in [0.1, 0.15) is 36.1 Å². The zero-order valence-electron chi connectivity index (χ0n) is 24.0. The van der Waals surface area contributed by atoms with Crippen LogP contribution in [-0.4, -0.2) is 76.8 Å². The van der Waals surface area contributed by atoms with E-state index in [1.165, 1.54) is 6.42 Å². The topological polar surface area (TPSA) is 90.7 Å². The summed E-state index contributed by atoms with van der Waals surface area (Å²) in [6, 6.07) is 9.77. The largest absolute Gasteiger partial charge is 0.487 e. The molecule has 0 bridgehead atoms. The molecule has 1 aliphatic heterocycles. The highest BCUT2D eigenvalue weighted by molar-refractivity contribution is 7.99. The predicted octanol–water partition coefficient (Wildman–Crippen LogP) is 4.77. The maximum absolute atomic E-state index is 11.9. The predicted molar refractivity (Wildman–Crippen MR) is 163 cm³/mol. The van der Waals surface area contributed by atoms with Crippen molar-refractivity contribution in [3.05, 3.63) is 77.9 Å². The number of alkyl carbamates (subject to hydrolysis) is 1. The van der Waals surface area contributed by atoms with Crippen LogP contribution < -0.4 is 10.1 Å². The second-order valence-electron chi connectivity index (χ2n) is 10.1. The lowest BCUT2D eigenvalue weighted by Gasteiger charge is -2.26. The lowest BCUT2D eigenvalue weighted by atomic mass is 10.1. The van der Waals surface area contributed by atoms with Gasteiger partial charge in [0.05, 0.1) is 37.0 Å².